The van der Waals surface area contributed by atoms with E-state index >= 15 is 0 Å². The highest BCUT2D eigenvalue weighted by atomic mass is 15.3. The smallest absolute Gasteiger partial charge is 0.191 e. The maximum absolute atomic E-state index is 4.42. The van der Waals surface area contributed by atoms with Gasteiger partial charge in [0.25, 0.3) is 0 Å². The highest BCUT2D eigenvalue weighted by Gasteiger charge is 2.02. The third kappa shape index (κ3) is 6.14. The van der Waals surface area contributed by atoms with Gasteiger partial charge in [0.05, 0.1) is 12.7 Å². The van der Waals surface area contributed by atoms with Crippen molar-refractivity contribution in [1.29, 1.82) is 0 Å². The first kappa shape index (κ1) is 17.1. The highest BCUT2D eigenvalue weighted by molar-refractivity contribution is 5.79. The lowest BCUT2D eigenvalue weighted by molar-refractivity contribution is 0.573. The number of nitrogens with one attached hydrogen (secondary N) is 2. The van der Waals surface area contributed by atoms with Crippen LogP contribution in [0.3, 0.4) is 0 Å². The normalized spacial score (nSPS) is 11.7. The molecule has 0 unspecified atom stereocenters. The minimum Gasteiger partial charge on any atom is -0.356 e. The predicted octanol–water partition coefficient (Wildman–Crippen LogP) is 2.64. The largest absolute Gasteiger partial charge is 0.356 e. The number of aliphatic imine (C=N–C) groups is 1. The molecule has 1 heterocycles. The maximum Gasteiger partial charge on any atom is 0.191 e. The molecular weight excluding hydrogens is 286 g/mol. The molecule has 0 fully saturated rings. The summed E-state index contributed by atoms with van der Waals surface area (Å²) in [5, 5.41) is 11.1. The molecular formula is C18H27N5. The number of hydrogen-bond acceptors (Lipinski definition) is 2. The van der Waals surface area contributed by atoms with Crippen LogP contribution >= 0.6 is 0 Å². The van der Waals surface area contributed by atoms with Crippen LogP contribution in [0.2, 0.25) is 0 Å². The summed E-state index contributed by atoms with van der Waals surface area (Å²) in [6.07, 6.45) is 5.11. The van der Waals surface area contributed by atoms with Crippen molar-refractivity contribution in [2.45, 2.75) is 33.4 Å². The zero-order chi connectivity index (χ0) is 16.5. The average molecular weight is 313 g/mol. The number of guanidine groups is 1. The van der Waals surface area contributed by atoms with Gasteiger partial charge in [-0.1, -0.05) is 44.2 Å². The number of benzene rings is 1. The fraction of sp³-hybridized carbons (Fsp3) is 0.444. The monoisotopic (exact) mass is 313 g/mol. The van der Waals surface area contributed by atoms with Gasteiger partial charge in [0, 0.05) is 31.9 Å². The van der Waals surface area contributed by atoms with E-state index in [0.29, 0.717) is 5.92 Å². The summed E-state index contributed by atoms with van der Waals surface area (Å²) in [4.78, 5) is 4.24. The molecule has 2 rings (SSSR count). The quantitative estimate of drug-likeness (QED) is 0.610. The topological polar surface area (TPSA) is 54.2 Å². The zero-order valence-electron chi connectivity index (χ0n) is 14.3. The molecule has 0 radical (unpaired) electrons. The van der Waals surface area contributed by atoms with Crippen LogP contribution in [-0.4, -0.2) is 29.3 Å². The molecule has 0 amide bonds. The lowest BCUT2D eigenvalue weighted by Gasteiger charge is -2.12. The molecule has 0 saturated carbocycles. The minimum absolute atomic E-state index is 0.692. The van der Waals surface area contributed by atoms with Crippen molar-refractivity contribution in [2.75, 3.05) is 13.6 Å². The number of hydrogen-bond donors (Lipinski definition) is 2. The molecule has 0 aliphatic heterocycles. The summed E-state index contributed by atoms with van der Waals surface area (Å²) < 4.78 is 1.96. The molecule has 0 spiro atoms. The van der Waals surface area contributed by atoms with Crippen LogP contribution in [0.5, 0.6) is 0 Å². The Kier molecular flexibility index (Phi) is 6.66. The second kappa shape index (κ2) is 8.98. The van der Waals surface area contributed by atoms with Gasteiger partial charge < -0.3 is 10.6 Å². The lowest BCUT2D eigenvalue weighted by Crippen LogP contribution is -2.37. The third-order valence-corrected chi connectivity index (χ3v) is 3.57. The highest BCUT2D eigenvalue weighted by Crippen LogP contribution is 2.04. The van der Waals surface area contributed by atoms with E-state index in [9.17, 15) is 0 Å². The molecule has 124 valence electrons. The number of rotatable bonds is 7. The molecule has 5 heteroatoms. The summed E-state index contributed by atoms with van der Waals surface area (Å²) in [6.45, 7) is 6.89. The van der Waals surface area contributed by atoms with Crippen molar-refractivity contribution in [3.63, 3.8) is 0 Å². The van der Waals surface area contributed by atoms with Crippen LogP contribution in [0.4, 0.5) is 0 Å². The molecule has 2 aromatic rings. The van der Waals surface area contributed by atoms with E-state index in [4.69, 9.17) is 0 Å². The standard InChI is InChI=1S/C18H27N5/c1-15(2)9-10-20-18(19-3)21-11-17-12-22-23(14-17)13-16-7-5-4-6-8-16/h4-8,12,14-15H,9-11,13H2,1-3H3,(H2,19,20,21). The first-order valence-electron chi connectivity index (χ1n) is 8.17. The van der Waals surface area contributed by atoms with E-state index in [2.05, 4.69) is 52.9 Å². The summed E-state index contributed by atoms with van der Waals surface area (Å²) in [5.41, 5.74) is 2.40. The van der Waals surface area contributed by atoms with Crippen molar-refractivity contribution in [2.24, 2.45) is 10.9 Å². The van der Waals surface area contributed by atoms with Crippen LogP contribution in [0.1, 0.15) is 31.4 Å². The molecule has 0 aliphatic rings. The van der Waals surface area contributed by atoms with Crippen molar-refractivity contribution in [1.82, 2.24) is 20.4 Å². The van der Waals surface area contributed by atoms with Crippen LogP contribution in [0.15, 0.2) is 47.7 Å². The van der Waals surface area contributed by atoms with E-state index in [-0.39, 0.29) is 0 Å². The molecule has 1 aromatic heterocycles. The third-order valence-electron chi connectivity index (χ3n) is 3.57. The van der Waals surface area contributed by atoms with Gasteiger partial charge in [-0.25, -0.2) is 0 Å². The van der Waals surface area contributed by atoms with Crippen LogP contribution in [-0.2, 0) is 13.1 Å². The molecule has 0 bridgehead atoms. The summed E-state index contributed by atoms with van der Waals surface area (Å²) >= 11 is 0. The SMILES string of the molecule is CN=C(NCCC(C)C)NCc1cnn(Cc2ccccc2)c1. The molecule has 1 aromatic carbocycles. The van der Waals surface area contributed by atoms with Gasteiger partial charge in [0.2, 0.25) is 0 Å². The van der Waals surface area contributed by atoms with Crippen LogP contribution < -0.4 is 10.6 Å². The van der Waals surface area contributed by atoms with Gasteiger partial charge in [0.1, 0.15) is 0 Å². The van der Waals surface area contributed by atoms with E-state index in [1.807, 2.05) is 29.1 Å². The van der Waals surface area contributed by atoms with Crippen LogP contribution in [0, 0.1) is 5.92 Å². The predicted molar refractivity (Wildman–Crippen MR) is 95.4 cm³/mol. The van der Waals surface area contributed by atoms with Gasteiger partial charge >= 0.3 is 0 Å². The van der Waals surface area contributed by atoms with E-state index in [1.54, 1.807) is 7.05 Å². The molecule has 0 saturated heterocycles. The molecule has 5 nitrogen and oxygen atoms in total. The van der Waals surface area contributed by atoms with Crippen molar-refractivity contribution < 1.29 is 0 Å². The Morgan fingerprint density at radius 3 is 2.65 bits per heavy atom. The average Bonchev–Trinajstić information content (AvgIpc) is 2.99. The van der Waals surface area contributed by atoms with E-state index in [0.717, 1.165) is 37.6 Å². The second-order valence-electron chi connectivity index (χ2n) is 6.07. The summed E-state index contributed by atoms with van der Waals surface area (Å²) in [6, 6.07) is 10.3. The second-order valence-corrected chi connectivity index (χ2v) is 6.07. The van der Waals surface area contributed by atoms with Crippen molar-refractivity contribution in [3.05, 3.63) is 53.9 Å². The zero-order valence-corrected chi connectivity index (χ0v) is 14.3. The lowest BCUT2D eigenvalue weighted by atomic mass is 10.1. The van der Waals surface area contributed by atoms with Crippen molar-refractivity contribution >= 4 is 5.96 Å². The Bertz CT molecular complexity index is 601. The molecule has 0 aliphatic carbocycles. The number of nitrogens with zero attached hydrogens (tertiary/aromatic N) is 3. The maximum atomic E-state index is 4.42. The van der Waals surface area contributed by atoms with Gasteiger partial charge in [-0.3, -0.25) is 9.67 Å². The Labute approximate surface area is 138 Å². The summed E-state index contributed by atoms with van der Waals surface area (Å²) in [5.74, 6) is 1.53. The Morgan fingerprint density at radius 1 is 1.17 bits per heavy atom. The molecule has 0 atom stereocenters. The molecule has 2 N–H and O–H groups in total. The fourth-order valence-corrected chi connectivity index (χ4v) is 2.24. The van der Waals surface area contributed by atoms with Crippen LogP contribution in [0.25, 0.3) is 0 Å². The first-order valence-corrected chi connectivity index (χ1v) is 8.17. The number of aromatic nitrogens is 2. The summed E-state index contributed by atoms with van der Waals surface area (Å²) in [7, 11) is 1.80. The van der Waals surface area contributed by atoms with Gasteiger partial charge in [-0.15, -0.1) is 0 Å². The van der Waals surface area contributed by atoms with Gasteiger partial charge in [0.15, 0.2) is 5.96 Å². The first-order chi connectivity index (χ1) is 11.2. The van der Waals surface area contributed by atoms with E-state index < -0.39 is 0 Å². The minimum atomic E-state index is 0.692. The Balaban J connectivity index is 1.79. The molecule has 23 heavy (non-hydrogen) atoms. The van der Waals surface area contributed by atoms with E-state index in [1.165, 1.54) is 5.56 Å². The van der Waals surface area contributed by atoms with Gasteiger partial charge in [-0.05, 0) is 17.9 Å². The van der Waals surface area contributed by atoms with Gasteiger partial charge in [-0.2, -0.15) is 5.10 Å². The Hall–Kier alpha value is -2.30. The van der Waals surface area contributed by atoms with Crippen molar-refractivity contribution in [3.8, 4) is 0 Å². The Morgan fingerprint density at radius 2 is 1.96 bits per heavy atom. The fourth-order valence-electron chi connectivity index (χ4n) is 2.24.